The number of nitrogens with one attached hydrogen (secondary N) is 1. The minimum atomic E-state index is 0.592. The maximum Gasteiger partial charge on any atom is 0.120 e. The summed E-state index contributed by atoms with van der Waals surface area (Å²) in [6, 6.07) is 18.1. The fourth-order valence-electron chi connectivity index (χ4n) is 2.65. The van der Waals surface area contributed by atoms with E-state index in [9.17, 15) is 0 Å². The first kappa shape index (κ1) is 14.9. The summed E-state index contributed by atoms with van der Waals surface area (Å²) < 4.78 is 11.6. The molecule has 1 aliphatic rings. The van der Waals surface area contributed by atoms with E-state index in [2.05, 4.69) is 17.4 Å². The lowest BCUT2D eigenvalue weighted by atomic mass is 10.0. The highest BCUT2D eigenvalue weighted by Gasteiger charge is 2.13. The van der Waals surface area contributed by atoms with Crippen LogP contribution in [-0.4, -0.2) is 19.7 Å². The van der Waals surface area contributed by atoms with E-state index >= 15 is 0 Å². The molecule has 0 saturated carbocycles. The van der Waals surface area contributed by atoms with E-state index in [0.717, 1.165) is 31.2 Å². The van der Waals surface area contributed by atoms with Crippen molar-refractivity contribution in [3.63, 3.8) is 0 Å². The van der Waals surface area contributed by atoms with Crippen molar-refractivity contribution < 1.29 is 9.47 Å². The van der Waals surface area contributed by atoms with Gasteiger partial charge in [-0.1, -0.05) is 30.3 Å². The molecule has 2 aromatic carbocycles. The first-order chi connectivity index (χ1) is 10.9. The van der Waals surface area contributed by atoms with Gasteiger partial charge in [-0.2, -0.15) is 0 Å². The molecule has 0 aliphatic carbocycles. The number of piperidine rings is 1. The highest BCUT2D eigenvalue weighted by molar-refractivity contribution is 5.31. The Bertz CT molecular complexity index is 547. The van der Waals surface area contributed by atoms with Crippen LogP contribution >= 0.6 is 0 Å². The van der Waals surface area contributed by atoms with Crippen molar-refractivity contribution >= 4 is 0 Å². The predicted molar refractivity (Wildman–Crippen MR) is 88.3 cm³/mol. The van der Waals surface area contributed by atoms with Crippen molar-refractivity contribution in [2.75, 3.05) is 19.7 Å². The average molecular weight is 297 g/mol. The second kappa shape index (κ2) is 7.85. The molecule has 2 aromatic rings. The SMILES string of the molecule is c1ccc(COc2ccc(OC[C@H]3CCCNC3)cc2)cc1. The van der Waals surface area contributed by atoms with Gasteiger partial charge in [0.15, 0.2) is 0 Å². The van der Waals surface area contributed by atoms with Gasteiger partial charge in [0.05, 0.1) is 6.61 Å². The lowest BCUT2D eigenvalue weighted by Gasteiger charge is -2.22. The highest BCUT2D eigenvalue weighted by atomic mass is 16.5. The van der Waals surface area contributed by atoms with Gasteiger partial charge in [-0.3, -0.25) is 0 Å². The largest absolute Gasteiger partial charge is 0.493 e. The molecule has 1 saturated heterocycles. The van der Waals surface area contributed by atoms with Crippen LogP contribution in [0.15, 0.2) is 54.6 Å². The zero-order chi connectivity index (χ0) is 15.0. The van der Waals surface area contributed by atoms with Crippen molar-refractivity contribution in [2.24, 2.45) is 5.92 Å². The van der Waals surface area contributed by atoms with E-state index in [1.54, 1.807) is 0 Å². The van der Waals surface area contributed by atoms with E-state index in [0.29, 0.717) is 12.5 Å². The van der Waals surface area contributed by atoms with Crippen LogP contribution in [0.1, 0.15) is 18.4 Å². The normalized spacial score (nSPS) is 17.9. The molecule has 0 radical (unpaired) electrons. The average Bonchev–Trinajstić information content (AvgIpc) is 2.61. The fourth-order valence-corrected chi connectivity index (χ4v) is 2.65. The number of benzene rings is 2. The Morgan fingerprint density at radius 1 is 0.909 bits per heavy atom. The van der Waals surface area contributed by atoms with Crippen LogP contribution in [0.2, 0.25) is 0 Å². The number of hydrogen-bond acceptors (Lipinski definition) is 3. The zero-order valence-corrected chi connectivity index (χ0v) is 12.8. The van der Waals surface area contributed by atoms with E-state index in [1.165, 1.54) is 18.4 Å². The Kier molecular flexibility index (Phi) is 5.32. The van der Waals surface area contributed by atoms with Gasteiger partial charge in [-0.05, 0) is 49.2 Å². The summed E-state index contributed by atoms with van der Waals surface area (Å²) in [6.07, 6.45) is 2.51. The van der Waals surface area contributed by atoms with Crippen LogP contribution in [0.25, 0.3) is 0 Å². The summed E-state index contributed by atoms with van der Waals surface area (Å²) in [7, 11) is 0. The topological polar surface area (TPSA) is 30.5 Å². The van der Waals surface area contributed by atoms with Gasteiger partial charge in [0.2, 0.25) is 0 Å². The van der Waals surface area contributed by atoms with Crippen LogP contribution in [0.4, 0.5) is 0 Å². The van der Waals surface area contributed by atoms with Crippen LogP contribution < -0.4 is 14.8 Å². The standard InChI is InChI=1S/C19H23NO2/c1-2-5-16(6-3-1)14-21-18-8-10-19(11-9-18)22-15-17-7-4-12-20-13-17/h1-3,5-6,8-11,17,20H,4,7,12-15H2/t17-/m0/s1. The minimum Gasteiger partial charge on any atom is -0.493 e. The fraction of sp³-hybridized carbons (Fsp3) is 0.368. The third kappa shape index (κ3) is 4.50. The first-order valence-electron chi connectivity index (χ1n) is 8.00. The Hall–Kier alpha value is -2.00. The van der Waals surface area contributed by atoms with Crippen LogP contribution in [0, 0.1) is 5.92 Å². The summed E-state index contributed by atoms with van der Waals surface area (Å²) in [5, 5.41) is 3.41. The molecule has 1 fully saturated rings. The van der Waals surface area contributed by atoms with Crippen molar-refractivity contribution in [1.29, 1.82) is 0 Å². The van der Waals surface area contributed by atoms with Gasteiger partial charge < -0.3 is 14.8 Å². The number of hydrogen-bond donors (Lipinski definition) is 1. The molecule has 0 spiro atoms. The monoisotopic (exact) mass is 297 g/mol. The van der Waals surface area contributed by atoms with Gasteiger partial charge >= 0.3 is 0 Å². The van der Waals surface area contributed by atoms with E-state index in [4.69, 9.17) is 9.47 Å². The minimum absolute atomic E-state index is 0.592. The van der Waals surface area contributed by atoms with Gasteiger partial charge in [-0.25, -0.2) is 0 Å². The van der Waals surface area contributed by atoms with Crippen molar-refractivity contribution in [2.45, 2.75) is 19.4 Å². The maximum atomic E-state index is 5.87. The quantitative estimate of drug-likeness (QED) is 0.883. The molecule has 3 nitrogen and oxygen atoms in total. The first-order valence-corrected chi connectivity index (χ1v) is 8.00. The molecule has 0 bridgehead atoms. The Morgan fingerprint density at radius 3 is 2.32 bits per heavy atom. The Balaban J connectivity index is 1.45. The summed E-state index contributed by atoms with van der Waals surface area (Å²) in [5.41, 5.74) is 1.17. The summed E-state index contributed by atoms with van der Waals surface area (Å²) >= 11 is 0. The van der Waals surface area contributed by atoms with Gasteiger partial charge in [0.25, 0.3) is 0 Å². The smallest absolute Gasteiger partial charge is 0.120 e. The lowest BCUT2D eigenvalue weighted by molar-refractivity contribution is 0.218. The second-order valence-corrected chi connectivity index (χ2v) is 5.77. The molecular formula is C19H23NO2. The van der Waals surface area contributed by atoms with E-state index in [1.807, 2.05) is 42.5 Å². The van der Waals surface area contributed by atoms with Crippen molar-refractivity contribution in [1.82, 2.24) is 5.32 Å². The Morgan fingerprint density at radius 2 is 1.64 bits per heavy atom. The third-order valence-electron chi connectivity index (χ3n) is 3.96. The molecule has 0 amide bonds. The molecule has 0 aromatic heterocycles. The van der Waals surface area contributed by atoms with Crippen molar-refractivity contribution in [3.8, 4) is 11.5 Å². The molecule has 0 unspecified atom stereocenters. The van der Waals surface area contributed by atoms with Crippen LogP contribution in [0.3, 0.4) is 0 Å². The van der Waals surface area contributed by atoms with Gasteiger partial charge in [0.1, 0.15) is 18.1 Å². The molecule has 1 atom stereocenters. The third-order valence-corrected chi connectivity index (χ3v) is 3.96. The summed E-state index contributed by atoms with van der Waals surface area (Å²) in [5.74, 6) is 2.41. The number of rotatable bonds is 6. The molecule has 3 rings (SSSR count). The highest BCUT2D eigenvalue weighted by Crippen LogP contribution is 2.20. The molecule has 22 heavy (non-hydrogen) atoms. The molecular weight excluding hydrogens is 274 g/mol. The van der Waals surface area contributed by atoms with Crippen LogP contribution in [-0.2, 0) is 6.61 Å². The summed E-state index contributed by atoms with van der Waals surface area (Å²) in [4.78, 5) is 0. The van der Waals surface area contributed by atoms with Gasteiger partial charge in [0, 0.05) is 12.5 Å². The second-order valence-electron chi connectivity index (χ2n) is 5.77. The molecule has 1 N–H and O–H groups in total. The zero-order valence-electron chi connectivity index (χ0n) is 12.8. The van der Waals surface area contributed by atoms with Crippen LogP contribution in [0.5, 0.6) is 11.5 Å². The predicted octanol–water partition coefficient (Wildman–Crippen LogP) is 3.64. The summed E-state index contributed by atoms with van der Waals surface area (Å²) in [6.45, 7) is 3.59. The van der Waals surface area contributed by atoms with Gasteiger partial charge in [-0.15, -0.1) is 0 Å². The van der Waals surface area contributed by atoms with E-state index in [-0.39, 0.29) is 0 Å². The Labute approximate surface area is 132 Å². The molecule has 1 aliphatic heterocycles. The lowest BCUT2D eigenvalue weighted by Crippen LogP contribution is -2.33. The maximum absolute atomic E-state index is 5.87. The molecule has 3 heteroatoms. The van der Waals surface area contributed by atoms with E-state index < -0.39 is 0 Å². The molecule has 1 heterocycles. The van der Waals surface area contributed by atoms with Crippen molar-refractivity contribution in [3.05, 3.63) is 60.2 Å². The molecule has 116 valence electrons. The number of ether oxygens (including phenoxy) is 2.